The molecular weight excluding hydrogens is 416 g/mol. The van der Waals surface area contributed by atoms with E-state index in [0.29, 0.717) is 13.1 Å². The molecule has 2 aliphatic rings. The van der Waals surface area contributed by atoms with Gasteiger partial charge in [0.05, 0.1) is 24.0 Å². The predicted molar refractivity (Wildman–Crippen MR) is 129 cm³/mol. The number of nitrogens with zero attached hydrogens (tertiary/aromatic N) is 3. The van der Waals surface area contributed by atoms with Crippen LogP contribution in [0.25, 0.3) is 0 Å². The number of amides is 2. The van der Waals surface area contributed by atoms with Crippen molar-refractivity contribution < 1.29 is 9.59 Å². The Kier molecular flexibility index (Phi) is 7.11. The number of rotatable bonds is 7. The average molecular weight is 451 g/mol. The van der Waals surface area contributed by atoms with Crippen molar-refractivity contribution >= 4 is 29.1 Å². The second kappa shape index (κ2) is 10.2. The predicted octanol–water partition coefficient (Wildman–Crippen LogP) is 3.15. The first-order valence-electron chi connectivity index (χ1n) is 11.9. The Morgan fingerprint density at radius 1 is 1.21 bits per heavy atom. The van der Waals surface area contributed by atoms with Gasteiger partial charge in [0, 0.05) is 38.3 Å². The maximum absolute atomic E-state index is 12.2. The Labute approximate surface area is 195 Å². The summed E-state index contributed by atoms with van der Waals surface area (Å²) >= 11 is 0. The normalized spacial score (nSPS) is 19.0. The molecule has 4 rings (SSSR count). The van der Waals surface area contributed by atoms with Crippen molar-refractivity contribution in [1.82, 2.24) is 20.6 Å². The lowest BCUT2D eigenvalue weighted by Crippen LogP contribution is -2.36. The monoisotopic (exact) mass is 450 g/mol. The third-order valence-electron chi connectivity index (χ3n) is 6.79. The van der Waals surface area contributed by atoms with Gasteiger partial charge in [-0.05, 0) is 48.8 Å². The van der Waals surface area contributed by atoms with Crippen LogP contribution in [0.15, 0.2) is 30.6 Å². The molecular formula is C25H34N6O2. The van der Waals surface area contributed by atoms with E-state index in [-0.39, 0.29) is 24.2 Å². The molecule has 0 bridgehead atoms. The van der Waals surface area contributed by atoms with Crippen LogP contribution in [0, 0.1) is 24.7 Å². The SMILES string of the molecule is Cc1cc(CNC(=O)C2CNC(=O)C2)ccc1Nc1cnc(N2CCC(C(C)C)CC2)nc1. The molecule has 8 nitrogen and oxygen atoms in total. The molecule has 0 radical (unpaired) electrons. The molecule has 1 aromatic heterocycles. The van der Waals surface area contributed by atoms with E-state index in [1.807, 2.05) is 31.5 Å². The second-order valence-corrected chi connectivity index (χ2v) is 9.54. The molecule has 1 unspecified atom stereocenters. The smallest absolute Gasteiger partial charge is 0.225 e. The fraction of sp³-hybridized carbons (Fsp3) is 0.520. The molecule has 0 aliphatic carbocycles. The molecule has 2 fully saturated rings. The number of aromatic nitrogens is 2. The van der Waals surface area contributed by atoms with E-state index in [0.717, 1.165) is 53.4 Å². The largest absolute Gasteiger partial charge is 0.355 e. The number of hydrogen-bond acceptors (Lipinski definition) is 6. The quantitative estimate of drug-likeness (QED) is 0.599. The summed E-state index contributed by atoms with van der Waals surface area (Å²) in [6.45, 7) is 9.53. The van der Waals surface area contributed by atoms with Gasteiger partial charge < -0.3 is 20.9 Å². The van der Waals surface area contributed by atoms with Crippen molar-refractivity contribution in [2.45, 2.75) is 46.6 Å². The van der Waals surface area contributed by atoms with Crippen LogP contribution in [0.2, 0.25) is 0 Å². The van der Waals surface area contributed by atoms with Gasteiger partial charge in [-0.3, -0.25) is 9.59 Å². The molecule has 176 valence electrons. The van der Waals surface area contributed by atoms with E-state index < -0.39 is 0 Å². The summed E-state index contributed by atoms with van der Waals surface area (Å²) in [5, 5.41) is 9.01. The van der Waals surface area contributed by atoms with Gasteiger partial charge in [-0.25, -0.2) is 9.97 Å². The van der Waals surface area contributed by atoms with Crippen molar-refractivity contribution in [3.63, 3.8) is 0 Å². The van der Waals surface area contributed by atoms with Crippen LogP contribution in [-0.4, -0.2) is 41.4 Å². The van der Waals surface area contributed by atoms with Crippen LogP contribution < -0.4 is 20.9 Å². The van der Waals surface area contributed by atoms with Crippen molar-refractivity contribution in [2.75, 3.05) is 29.9 Å². The Balaban J connectivity index is 1.30. The zero-order valence-corrected chi connectivity index (χ0v) is 19.7. The van der Waals surface area contributed by atoms with Gasteiger partial charge in [0.25, 0.3) is 0 Å². The van der Waals surface area contributed by atoms with E-state index >= 15 is 0 Å². The first-order chi connectivity index (χ1) is 15.9. The molecule has 2 amide bonds. The van der Waals surface area contributed by atoms with Gasteiger partial charge in [-0.1, -0.05) is 26.0 Å². The fourth-order valence-corrected chi connectivity index (χ4v) is 4.57. The van der Waals surface area contributed by atoms with E-state index in [9.17, 15) is 9.59 Å². The van der Waals surface area contributed by atoms with Crippen molar-refractivity contribution in [2.24, 2.45) is 17.8 Å². The Bertz CT molecular complexity index is 983. The molecule has 8 heteroatoms. The highest BCUT2D eigenvalue weighted by molar-refractivity contribution is 5.89. The molecule has 0 spiro atoms. The van der Waals surface area contributed by atoms with E-state index in [4.69, 9.17) is 0 Å². The molecule has 0 saturated carbocycles. The Hall–Kier alpha value is -3.16. The number of anilines is 3. The van der Waals surface area contributed by atoms with Gasteiger partial charge in [-0.2, -0.15) is 0 Å². The summed E-state index contributed by atoms with van der Waals surface area (Å²) < 4.78 is 0. The Morgan fingerprint density at radius 2 is 1.94 bits per heavy atom. The van der Waals surface area contributed by atoms with Crippen LogP contribution in [0.5, 0.6) is 0 Å². The van der Waals surface area contributed by atoms with Gasteiger partial charge in [0.15, 0.2) is 0 Å². The third kappa shape index (κ3) is 5.80. The minimum Gasteiger partial charge on any atom is -0.355 e. The molecule has 33 heavy (non-hydrogen) atoms. The first kappa shape index (κ1) is 23.0. The highest BCUT2D eigenvalue weighted by Crippen LogP contribution is 2.27. The molecule has 2 saturated heterocycles. The maximum atomic E-state index is 12.2. The Morgan fingerprint density at radius 3 is 2.55 bits per heavy atom. The molecule has 3 heterocycles. The van der Waals surface area contributed by atoms with Crippen LogP contribution in [-0.2, 0) is 16.1 Å². The lowest BCUT2D eigenvalue weighted by atomic mass is 9.87. The van der Waals surface area contributed by atoms with Gasteiger partial charge in [0.2, 0.25) is 17.8 Å². The number of aryl methyl sites for hydroxylation is 1. The van der Waals surface area contributed by atoms with Crippen LogP contribution in [0.4, 0.5) is 17.3 Å². The highest BCUT2D eigenvalue weighted by atomic mass is 16.2. The van der Waals surface area contributed by atoms with E-state index in [1.165, 1.54) is 12.8 Å². The third-order valence-corrected chi connectivity index (χ3v) is 6.79. The fourth-order valence-electron chi connectivity index (χ4n) is 4.57. The van der Waals surface area contributed by atoms with Gasteiger partial charge >= 0.3 is 0 Å². The lowest BCUT2D eigenvalue weighted by molar-refractivity contribution is -0.126. The van der Waals surface area contributed by atoms with Gasteiger partial charge in [-0.15, -0.1) is 0 Å². The molecule has 2 aromatic rings. The topological polar surface area (TPSA) is 99.2 Å². The number of carbonyl (C=O) groups excluding carboxylic acids is 2. The summed E-state index contributed by atoms with van der Waals surface area (Å²) in [5.74, 6) is 1.91. The number of piperidine rings is 1. The van der Waals surface area contributed by atoms with Crippen LogP contribution >= 0.6 is 0 Å². The standard InChI is InChI=1S/C25H34N6O2/c1-16(2)19-6-8-31(9-7-19)25-28-14-21(15-29-25)30-22-5-4-18(10-17(22)3)12-27-24(33)20-11-23(32)26-13-20/h4-5,10,14-16,19-20,30H,6-9,11-13H2,1-3H3,(H,26,32)(H,27,33). The first-order valence-corrected chi connectivity index (χ1v) is 11.9. The number of nitrogens with one attached hydrogen (secondary N) is 3. The zero-order chi connectivity index (χ0) is 23.4. The van der Waals surface area contributed by atoms with E-state index in [1.54, 1.807) is 0 Å². The summed E-state index contributed by atoms with van der Waals surface area (Å²) in [5.41, 5.74) is 3.91. The van der Waals surface area contributed by atoms with Crippen molar-refractivity contribution in [3.05, 3.63) is 41.7 Å². The summed E-state index contributed by atoms with van der Waals surface area (Å²) in [7, 11) is 0. The average Bonchev–Trinajstić information content (AvgIpc) is 3.26. The number of hydrogen-bond donors (Lipinski definition) is 3. The van der Waals surface area contributed by atoms with Crippen LogP contribution in [0.1, 0.15) is 44.2 Å². The molecule has 1 atom stereocenters. The van der Waals surface area contributed by atoms with Gasteiger partial charge in [0.1, 0.15) is 0 Å². The van der Waals surface area contributed by atoms with Crippen molar-refractivity contribution in [1.29, 1.82) is 0 Å². The molecule has 1 aromatic carbocycles. The van der Waals surface area contributed by atoms with E-state index in [2.05, 4.69) is 50.7 Å². The molecule has 3 N–H and O–H groups in total. The summed E-state index contributed by atoms with van der Waals surface area (Å²) in [6, 6.07) is 6.04. The highest BCUT2D eigenvalue weighted by Gasteiger charge is 2.27. The van der Waals surface area contributed by atoms with Crippen molar-refractivity contribution in [3.8, 4) is 0 Å². The zero-order valence-electron chi connectivity index (χ0n) is 19.7. The number of benzene rings is 1. The lowest BCUT2D eigenvalue weighted by Gasteiger charge is -2.33. The second-order valence-electron chi connectivity index (χ2n) is 9.54. The number of carbonyl (C=O) groups is 2. The maximum Gasteiger partial charge on any atom is 0.225 e. The minimum atomic E-state index is -0.274. The van der Waals surface area contributed by atoms with Crippen LogP contribution in [0.3, 0.4) is 0 Å². The summed E-state index contributed by atoms with van der Waals surface area (Å²) in [4.78, 5) is 34.9. The molecule has 2 aliphatic heterocycles. The minimum absolute atomic E-state index is 0.0610. The summed E-state index contributed by atoms with van der Waals surface area (Å²) in [6.07, 6.45) is 6.33.